The summed E-state index contributed by atoms with van der Waals surface area (Å²) < 4.78 is 10.5. The molecule has 6 nitrogen and oxygen atoms in total. The van der Waals surface area contributed by atoms with Gasteiger partial charge in [0.1, 0.15) is 18.6 Å². The lowest BCUT2D eigenvalue weighted by atomic mass is 10.0. The standard InChI is InChI=1S/C17H20N2O4/c1-2-3-8-19-15(20)14(18-17(19)21)11-12-4-6-13(7-5-12)16-22-9-10-23-16/h4-7,9-10,14,16H,2-3,8,11H2,1H3,(H,18,21). The Morgan fingerprint density at radius 2 is 1.83 bits per heavy atom. The number of carbonyl (C=O) groups is 2. The molecule has 1 fully saturated rings. The van der Waals surface area contributed by atoms with Crippen molar-refractivity contribution in [3.05, 3.63) is 47.9 Å². The first-order valence-corrected chi connectivity index (χ1v) is 7.85. The van der Waals surface area contributed by atoms with Crippen LogP contribution in [0.2, 0.25) is 0 Å². The van der Waals surface area contributed by atoms with Crippen LogP contribution in [0.5, 0.6) is 0 Å². The van der Waals surface area contributed by atoms with Gasteiger partial charge >= 0.3 is 6.03 Å². The summed E-state index contributed by atoms with van der Waals surface area (Å²) in [7, 11) is 0. The molecular formula is C17H20N2O4. The lowest BCUT2D eigenvalue weighted by Crippen LogP contribution is -2.33. The quantitative estimate of drug-likeness (QED) is 0.819. The molecule has 0 aromatic heterocycles. The molecule has 3 rings (SSSR count). The van der Waals surface area contributed by atoms with Gasteiger partial charge in [0, 0.05) is 18.5 Å². The van der Waals surface area contributed by atoms with E-state index in [9.17, 15) is 9.59 Å². The van der Waals surface area contributed by atoms with Crippen molar-refractivity contribution >= 4 is 11.9 Å². The SMILES string of the molecule is CCCCN1C(=O)NC(Cc2ccc(C3OC=CO3)cc2)C1=O. The molecule has 0 saturated carbocycles. The number of benzene rings is 1. The highest BCUT2D eigenvalue weighted by Gasteiger charge is 2.37. The zero-order chi connectivity index (χ0) is 16.2. The average Bonchev–Trinajstić information content (AvgIpc) is 3.17. The third-order valence-corrected chi connectivity index (χ3v) is 3.99. The summed E-state index contributed by atoms with van der Waals surface area (Å²) in [5.41, 5.74) is 1.89. The van der Waals surface area contributed by atoms with Crippen molar-refractivity contribution in [2.45, 2.75) is 38.5 Å². The Hall–Kier alpha value is -2.50. The summed E-state index contributed by atoms with van der Waals surface area (Å²) >= 11 is 0. The van der Waals surface area contributed by atoms with Gasteiger partial charge < -0.3 is 14.8 Å². The van der Waals surface area contributed by atoms with Gasteiger partial charge in [0.2, 0.25) is 0 Å². The molecular weight excluding hydrogens is 296 g/mol. The zero-order valence-corrected chi connectivity index (χ0v) is 13.0. The highest BCUT2D eigenvalue weighted by atomic mass is 16.7. The molecule has 1 atom stereocenters. The molecule has 1 aromatic rings. The second-order valence-electron chi connectivity index (χ2n) is 5.67. The smallest absolute Gasteiger partial charge is 0.324 e. The van der Waals surface area contributed by atoms with E-state index in [1.165, 1.54) is 17.4 Å². The van der Waals surface area contributed by atoms with Gasteiger partial charge in [-0.1, -0.05) is 37.6 Å². The molecule has 0 radical (unpaired) electrons. The molecule has 122 valence electrons. The van der Waals surface area contributed by atoms with Crippen molar-refractivity contribution in [2.75, 3.05) is 6.54 Å². The van der Waals surface area contributed by atoms with E-state index in [0.29, 0.717) is 13.0 Å². The first kappa shape index (κ1) is 15.4. The molecule has 6 heteroatoms. The predicted molar refractivity (Wildman–Crippen MR) is 83.1 cm³/mol. The molecule has 1 unspecified atom stereocenters. The number of hydrogen-bond donors (Lipinski definition) is 1. The fourth-order valence-corrected chi connectivity index (χ4v) is 2.69. The molecule has 23 heavy (non-hydrogen) atoms. The summed E-state index contributed by atoms with van der Waals surface area (Å²) in [5, 5.41) is 2.76. The highest BCUT2D eigenvalue weighted by Crippen LogP contribution is 2.24. The van der Waals surface area contributed by atoms with Gasteiger partial charge in [-0.2, -0.15) is 0 Å². The second kappa shape index (κ2) is 6.73. The number of nitrogens with one attached hydrogen (secondary N) is 1. The summed E-state index contributed by atoms with van der Waals surface area (Å²) in [5.74, 6) is -0.140. The van der Waals surface area contributed by atoms with Crippen LogP contribution < -0.4 is 5.32 Å². The third-order valence-electron chi connectivity index (χ3n) is 3.99. The zero-order valence-electron chi connectivity index (χ0n) is 13.0. The van der Waals surface area contributed by atoms with Gasteiger partial charge in [0.25, 0.3) is 12.2 Å². The van der Waals surface area contributed by atoms with Gasteiger partial charge in [-0.25, -0.2) is 4.79 Å². The minimum Gasteiger partial charge on any atom is -0.455 e. The van der Waals surface area contributed by atoms with Gasteiger partial charge in [0.05, 0.1) is 0 Å². The fourth-order valence-electron chi connectivity index (χ4n) is 2.69. The number of imide groups is 1. The van der Waals surface area contributed by atoms with Crippen LogP contribution in [0.1, 0.15) is 37.2 Å². The first-order chi connectivity index (χ1) is 11.2. The summed E-state index contributed by atoms with van der Waals surface area (Å²) in [6, 6.07) is 6.89. The Labute approximate surface area is 135 Å². The van der Waals surface area contributed by atoms with Crippen LogP contribution in [0.15, 0.2) is 36.8 Å². The van der Waals surface area contributed by atoms with Crippen molar-refractivity contribution in [1.29, 1.82) is 0 Å². The van der Waals surface area contributed by atoms with Crippen molar-refractivity contribution < 1.29 is 19.1 Å². The van der Waals surface area contributed by atoms with E-state index < -0.39 is 12.3 Å². The van der Waals surface area contributed by atoms with Crippen molar-refractivity contribution in [2.24, 2.45) is 0 Å². The van der Waals surface area contributed by atoms with Crippen LogP contribution in [0.4, 0.5) is 4.79 Å². The average molecular weight is 316 g/mol. The van der Waals surface area contributed by atoms with E-state index in [1.807, 2.05) is 31.2 Å². The Kier molecular flexibility index (Phi) is 4.50. The maximum atomic E-state index is 12.3. The highest BCUT2D eigenvalue weighted by molar-refractivity contribution is 6.04. The Bertz CT molecular complexity index is 604. The van der Waals surface area contributed by atoms with Crippen molar-refractivity contribution in [3.63, 3.8) is 0 Å². The van der Waals surface area contributed by atoms with Gasteiger partial charge in [-0.3, -0.25) is 9.69 Å². The van der Waals surface area contributed by atoms with Crippen molar-refractivity contribution in [1.82, 2.24) is 10.2 Å². The second-order valence-corrected chi connectivity index (χ2v) is 5.67. The van der Waals surface area contributed by atoms with Crippen LogP contribution in [0, 0.1) is 0 Å². The maximum Gasteiger partial charge on any atom is 0.324 e. The molecule has 1 N–H and O–H groups in total. The number of nitrogens with zero attached hydrogens (tertiary/aromatic N) is 1. The molecule has 0 spiro atoms. The first-order valence-electron chi connectivity index (χ1n) is 7.85. The van der Waals surface area contributed by atoms with Crippen LogP contribution in [-0.2, 0) is 20.7 Å². The summed E-state index contributed by atoms with van der Waals surface area (Å²) in [6.45, 7) is 2.52. The lowest BCUT2D eigenvalue weighted by molar-refractivity contribution is -0.127. The van der Waals surface area contributed by atoms with E-state index in [1.54, 1.807) is 0 Å². The Balaban J connectivity index is 1.61. The van der Waals surface area contributed by atoms with Crippen LogP contribution in [0.25, 0.3) is 0 Å². The van der Waals surface area contributed by atoms with Gasteiger partial charge in [-0.15, -0.1) is 0 Å². The van der Waals surface area contributed by atoms with E-state index in [4.69, 9.17) is 9.47 Å². The van der Waals surface area contributed by atoms with E-state index in [0.717, 1.165) is 24.0 Å². The summed E-state index contributed by atoms with van der Waals surface area (Å²) in [4.78, 5) is 25.5. The maximum absolute atomic E-state index is 12.3. The molecule has 0 bridgehead atoms. The van der Waals surface area contributed by atoms with Crippen LogP contribution >= 0.6 is 0 Å². The molecule has 0 aliphatic carbocycles. The number of hydrogen-bond acceptors (Lipinski definition) is 4. The number of amides is 3. The molecule has 2 aliphatic heterocycles. The van der Waals surface area contributed by atoms with Gasteiger partial charge in [0.15, 0.2) is 0 Å². The molecule has 1 aromatic carbocycles. The fraction of sp³-hybridized carbons (Fsp3) is 0.412. The largest absolute Gasteiger partial charge is 0.455 e. The van der Waals surface area contributed by atoms with Crippen LogP contribution in [0.3, 0.4) is 0 Å². The number of unbranched alkanes of at least 4 members (excludes halogenated alkanes) is 1. The minimum absolute atomic E-state index is 0.140. The molecule has 3 amide bonds. The van der Waals surface area contributed by atoms with Crippen molar-refractivity contribution in [3.8, 4) is 0 Å². The van der Waals surface area contributed by atoms with Crippen LogP contribution in [-0.4, -0.2) is 29.4 Å². The number of ether oxygens (including phenoxy) is 2. The lowest BCUT2D eigenvalue weighted by Gasteiger charge is -2.13. The third kappa shape index (κ3) is 3.31. The Morgan fingerprint density at radius 3 is 2.48 bits per heavy atom. The monoisotopic (exact) mass is 316 g/mol. The Morgan fingerprint density at radius 1 is 1.13 bits per heavy atom. The topological polar surface area (TPSA) is 67.9 Å². The van der Waals surface area contributed by atoms with E-state index in [2.05, 4.69) is 5.32 Å². The van der Waals surface area contributed by atoms with Gasteiger partial charge in [-0.05, 0) is 12.0 Å². The van der Waals surface area contributed by atoms with E-state index >= 15 is 0 Å². The minimum atomic E-state index is -0.481. The summed E-state index contributed by atoms with van der Waals surface area (Å²) in [6.07, 6.45) is 4.88. The van der Waals surface area contributed by atoms with E-state index in [-0.39, 0.29) is 11.9 Å². The predicted octanol–water partition coefficient (Wildman–Crippen LogP) is 2.47. The molecule has 2 heterocycles. The number of carbonyl (C=O) groups excluding carboxylic acids is 2. The normalized spacial score (nSPS) is 20.6. The number of rotatable bonds is 6. The number of urea groups is 1. The molecule has 1 saturated heterocycles. The molecule has 2 aliphatic rings.